The Balaban J connectivity index is 2.21. The first kappa shape index (κ1) is 13.4. The zero-order chi connectivity index (χ0) is 14.0. The molecule has 0 saturated carbocycles. The number of nitrogens with zero attached hydrogens (tertiary/aromatic N) is 2. The van der Waals surface area contributed by atoms with Crippen molar-refractivity contribution in [2.45, 2.75) is 6.18 Å². The van der Waals surface area contributed by atoms with E-state index in [-0.39, 0.29) is 10.7 Å². The normalized spacial score (nSPS) is 11.4. The number of rotatable bonds is 1. The Kier molecular flexibility index (Phi) is 3.48. The fraction of sp³-hybridized carbons (Fsp3) is 0.0909. The highest BCUT2D eigenvalue weighted by atomic mass is 35.5. The van der Waals surface area contributed by atoms with E-state index < -0.39 is 17.8 Å². The van der Waals surface area contributed by atoms with Crippen molar-refractivity contribution in [3.8, 4) is 0 Å². The molecule has 0 bridgehead atoms. The average molecular weight is 289 g/mol. The van der Waals surface area contributed by atoms with E-state index in [1.54, 1.807) is 0 Å². The number of halogens is 4. The molecule has 19 heavy (non-hydrogen) atoms. The number of amides is 1. The molecule has 0 saturated heterocycles. The number of benzene rings is 1. The summed E-state index contributed by atoms with van der Waals surface area (Å²) in [6.07, 6.45) is -0.732. The molecule has 0 aliphatic heterocycles. The van der Waals surface area contributed by atoms with E-state index in [0.29, 0.717) is 0 Å². The summed E-state index contributed by atoms with van der Waals surface area (Å²) in [4.78, 5) is 11.6. The van der Waals surface area contributed by atoms with Crippen LogP contribution in [0.3, 0.4) is 0 Å². The average Bonchev–Trinajstić information content (AvgIpc) is 2.84. The number of hydrogen-bond donors (Lipinski definition) is 1. The summed E-state index contributed by atoms with van der Waals surface area (Å²) in [5.74, 6) is 0. The summed E-state index contributed by atoms with van der Waals surface area (Å²) in [6.45, 7) is 0. The van der Waals surface area contributed by atoms with Gasteiger partial charge in [-0.3, -0.25) is 0 Å². The number of hydrogen-bond acceptors (Lipinski definition) is 2. The Morgan fingerprint density at radius 1 is 1.42 bits per heavy atom. The monoisotopic (exact) mass is 288 g/mol. The Hall–Kier alpha value is -2.02. The zero-order valence-corrected chi connectivity index (χ0v) is 9.96. The molecule has 0 aliphatic rings. The number of nitrogens with one attached hydrogen (secondary N) is 1. The van der Waals surface area contributed by atoms with Crippen molar-refractivity contribution in [1.82, 2.24) is 9.78 Å². The van der Waals surface area contributed by atoms with Gasteiger partial charge in [0.15, 0.2) is 0 Å². The van der Waals surface area contributed by atoms with Crippen LogP contribution in [-0.2, 0) is 6.18 Å². The van der Waals surface area contributed by atoms with Gasteiger partial charge in [-0.2, -0.15) is 23.0 Å². The Morgan fingerprint density at radius 3 is 2.68 bits per heavy atom. The molecule has 0 atom stereocenters. The van der Waals surface area contributed by atoms with E-state index in [2.05, 4.69) is 16.6 Å². The van der Waals surface area contributed by atoms with Gasteiger partial charge in [-0.15, -0.1) is 0 Å². The lowest BCUT2D eigenvalue weighted by molar-refractivity contribution is -0.137. The van der Waals surface area contributed by atoms with Crippen molar-refractivity contribution < 1.29 is 18.0 Å². The van der Waals surface area contributed by atoms with Gasteiger partial charge in [-0.25, -0.2) is 4.79 Å². The van der Waals surface area contributed by atoms with Crippen LogP contribution in [0.15, 0.2) is 30.5 Å². The maximum Gasteiger partial charge on any atom is 0.416 e. The van der Waals surface area contributed by atoms with Crippen LogP contribution in [0.2, 0.25) is 5.02 Å². The molecule has 2 aromatic rings. The Labute approximate surface area is 110 Å². The molecule has 8 heteroatoms. The molecule has 1 N–H and O–H groups in total. The first-order valence-corrected chi connectivity index (χ1v) is 5.35. The number of carbonyl (C=O) groups excluding carboxylic acids is 1. The summed E-state index contributed by atoms with van der Waals surface area (Å²) >= 11 is 5.69. The van der Waals surface area contributed by atoms with E-state index >= 15 is 0 Å². The first-order valence-electron chi connectivity index (χ1n) is 4.98. The van der Waals surface area contributed by atoms with Crippen LogP contribution in [0.1, 0.15) is 5.56 Å². The van der Waals surface area contributed by atoms with E-state index in [1.807, 2.05) is 0 Å². The van der Waals surface area contributed by atoms with Gasteiger partial charge in [0.25, 0.3) is 0 Å². The largest absolute Gasteiger partial charge is 0.416 e. The summed E-state index contributed by atoms with van der Waals surface area (Å²) < 4.78 is 38.2. The van der Waals surface area contributed by atoms with Crippen LogP contribution < -0.4 is 5.32 Å². The second-order valence-corrected chi connectivity index (χ2v) is 3.92. The highest BCUT2D eigenvalue weighted by molar-refractivity contribution is 6.33. The maximum absolute atomic E-state index is 12.4. The fourth-order valence-electron chi connectivity index (χ4n) is 1.31. The third-order valence-corrected chi connectivity index (χ3v) is 2.51. The van der Waals surface area contributed by atoms with E-state index in [0.717, 1.165) is 22.9 Å². The van der Waals surface area contributed by atoms with Crippen LogP contribution in [0.4, 0.5) is 23.7 Å². The lowest BCUT2D eigenvalue weighted by atomic mass is 10.2. The topological polar surface area (TPSA) is 46.9 Å². The molecular weight excluding hydrogens is 283 g/mol. The van der Waals surface area contributed by atoms with Crippen molar-refractivity contribution in [3.05, 3.63) is 47.2 Å². The minimum absolute atomic E-state index is 0.0650. The quantitative estimate of drug-likeness (QED) is 0.874. The molecular formula is C11H6ClF3N3O. The molecule has 4 nitrogen and oxygen atoms in total. The second kappa shape index (κ2) is 4.93. The van der Waals surface area contributed by atoms with Gasteiger partial charge in [-0.05, 0) is 24.3 Å². The Morgan fingerprint density at radius 2 is 2.16 bits per heavy atom. The molecule has 1 aromatic heterocycles. The third-order valence-electron chi connectivity index (χ3n) is 2.20. The highest BCUT2D eigenvalue weighted by Crippen LogP contribution is 2.33. The smallest absolute Gasteiger partial charge is 0.305 e. The summed E-state index contributed by atoms with van der Waals surface area (Å²) in [6, 6.07) is 3.41. The van der Waals surface area contributed by atoms with E-state index in [1.165, 1.54) is 12.3 Å². The zero-order valence-electron chi connectivity index (χ0n) is 9.20. The standard InChI is InChI=1S/C11H6ClF3N3O/c12-8-6-7(11(13,14)15)2-3-9(8)17-10(19)18-5-1-4-16-18/h1-3,5-6H,(H,17,19). The fourth-order valence-corrected chi connectivity index (χ4v) is 1.54. The third kappa shape index (κ3) is 3.05. The van der Waals surface area contributed by atoms with Crippen LogP contribution in [-0.4, -0.2) is 15.8 Å². The molecule has 1 aromatic carbocycles. The van der Waals surface area contributed by atoms with Crippen molar-refractivity contribution in [3.63, 3.8) is 0 Å². The first-order chi connectivity index (χ1) is 8.88. The van der Waals surface area contributed by atoms with E-state index in [9.17, 15) is 18.0 Å². The van der Waals surface area contributed by atoms with Gasteiger partial charge in [0.05, 0.1) is 16.3 Å². The molecule has 1 radical (unpaired) electrons. The molecule has 0 spiro atoms. The number of anilines is 1. The Bertz CT molecular complexity index is 596. The van der Waals surface area contributed by atoms with Crippen molar-refractivity contribution >= 4 is 23.3 Å². The van der Waals surface area contributed by atoms with Gasteiger partial charge in [0.1, 0.15) is 6.20 Å². The van der Waals surface area contributed by atoms with Gasteiger partial charge >= 0.3 is 12.2 Å². The highest BCUT2D eigenvalue weighted by Gasteiger charge is 2.31. The van der Waals surface area contributed by atoms with Gasteiger partial charge in [-0.1, -0.05) is 11.6 Å². The van der Waals surface area contributed by atoms with Crippen LogP contribution in [0.5, 0.6) is 0 Å². The number of aromatic nitrogens is 2. The number of alkyl halides is 3. The number of carbonyl (C=O) groups is 1. The van der Waals surface area contributed by atoms with Crippen molar-refractivity contribution in [2.75, 3.05) is 5.32 Å². The van der Waals surface area contributed by atoms with Crippen LogP contribution in [0, 0.1) is 6.20 Å². The van der Waals surface area contributed by atoms with Crippen LogP contribution >= 0.6 is 11.6 Å². The van der Waals surface area contributed by atoms with Crippen molar-refractivity contribution in [1.29, 1.82) is 0 Å². The lowest BCUT2D eigenvalue weighted by Crippen LogP contribution is -2.20. The predicted octanol–water partition coefficient (Wildman–Crippen LogP) is 3.44. The molecule has 0 aliphatic carbocycles. The van der Waals surface area contributed by atoms with Gasteiger partial charge in [0, 0.05) is 6.20 Å². The molecule has 1 heterocycles. The maximum atomic E-state index is 12.4. The molecule has 99 valence electrons. The van der Waals surface area contributed by atoms with E-state index in [4.69, 9.17) is 11.6 Å². The molecule has 0 unspecified atom stereocenters. The van der Waals surface area contributed by atoms with Gasteiger partial charge in [0.2, 0.25) is 0 Å². The summed E-state index contributed by atoms with van der Waals surface area (Å²) in [7, 11) is 0. The van der Waals surface area contributed by atoms with Crippen molar-refractivity contribution in [2.24, 2.45) is 0 Å². The van der Waals surface area contributed by atoms with Crippen LogP contribution in [0.25, 0.3) is 0 Å². The lowest BCUT2D eigenvalue weighted by Gasteiger charge is -2.10. The molecule has 0 fully saturated rings. The second-order valence-electron chi connectivity index (χ2n) is 3.51. The summed E-state index contributed by atoms with van der Waals surface area (Å²) in [5.41, 5.74) is -0.821. The molecule has 2 rings (SSSR count). The molecule has 1 amide bonds. The predicted molar refractivity (Wildman–Crippen MR) is 61.9 cm³/mol. The van der Waals surface area contributed by atoms with Gasteiger partial charge < -0.3 is 5.32 Å². The summed E-state index contributed by atoms with van der Waals surface area (Å²) in [5, 5.41) is 5.68. The SMILES string of the molecule is O=C(Nc1ccc(C(F)(F)F)cc1Cl)n1cc[c]n1. The minimum atomic E-state index is -4.48. The minimum Gasteiger partial charge on any atom is -0.305 e.